The van der Waals surface area contributed by atoms with Crippen molar-refractivity contribution in [1.82, 2.24) is 0 Å². The van der Waals surface area contributed by atoms with E-state index in [9.17, 15) is 26.4 Å². The van der Waals surface area contributed by atoms with Gasteiger partial charge in [-0.15, -0.1) is 23.1 Å². The number of aliphatic carboxylic acids is 1. The fourth-order valence-corrected chi connectivity index (χ4v) is 6.54. The number of sulfone groups is 1. The molecule has 180 valence electrons. The molecule has 0 aliphatic heterocycles. The number of carbonyl (C=O) groups is 2. The van der Waals surface area contributed by atoms with Crippen molar-refractivity contribution in [2.75, 3.05) is 6.26 Å². The first-order valence-electron chi connectivity index (χ1n) is 9.05. The monoisotopic (exact) mass is 530 g/mol. The second-order valence-corrected chi connectivity index (χ2v) is 10.5. The molecule has 13 heteroatoms. The van der Waals surface area contributed by atoms with Gasteiger partial charge in [-0.1, -0.05) is 36.4 Å². The number of amidine groups is 1. The third-order valence-electron chi connectivity index (χ3n) is 4.19. The molecule has 34 heavy (non-hydrogen) atoms. The summed E-state index contributed by atoms with van der Waals surface area (Å²) in [7, 11) is -3.80. The number of carboxylic acid groups (broad SMARTS) is 1. The van der Waals surface area contributed by atoms with E-state index < -0.39 is 22.0 Å². The van der Waals surface area contributed by atoms with Crippen LogP contribution in [0.2, 0.25) is 0 Å². The van der Waals surface area contributed by atoms with E-state index in [1.807, 2.05) is 0 Å². The summed E-state index contributed by atoms with van der Waals surface area (Å²) in [5.74, 6) is -2.92. The fraction of sp³-hybridized carbons (Fsp3) is 0.0952. The summed E-state index contributed by atoms with van der Waals surface area (Å²) in [6.45, 7) is 0. The molecule has 0 radical (unpaired) electrons. The van der Waals surface area contributed by atoms with Gasteiger partial charge in [0.25, 0.3) is 0 Å². The third-order valence-corrected chi connectivity index (χ3v) is 8.53. The van der Waals surface area contributed by atoms with Crippen molar-refractivity contribution >= 4 is 51.0 Å². The standard InChI is InChI=1S/C19H16N2O3S3.C2HF3O2/c1-25-19-17(10-16(26-19)18(20)21)27(23,24)14-7-4-6-12(9-14)15-8-3-2-5-13(15)11-22;3-2(4,5)1(6)7/h2-11H,1H3,(H3,20,21);(H,6,7). The van der Waals surface area contributed by atoms with E-state index in [0.29, 0.717) is 25.8 Å². The highest BCUT2D eigenvalue weighted by atomic mass is 32.2. The van der Waals surface area contributed by atoms with E-state index in [1.54, 1.807) is 48.7 Å². The number of hydrogen-bond acceptors (Lipinski definition) is 7. The molecule has 0 amide bonds. The van der Waals surface area contributed by atoms with Crippen LogP contribution in [0.4, 0.5) is 13.2 Å². The van der Waals surface area contributed by atoms with E-state index >= 15 is 0 Å². The van der Waals surface area contributed by atoms with Crippen LogP contribution in [0.5, 0.6) is 0 Å². The number of carbonyl (C=O) groups excluding carboxylic acids is 1. The largest absolute Gasteiger partial charge is 0.490 e. The summed E-state index contributed by atoms with van der Waals surface area (Å²) >= 11 is 2.49. The SMILES string of the molecule is CSc1sc(C(=N)N)cc1S(=O)(=O)c1cccc(-c2ccccc2C=O)c1.O=C(O)C(F)(F)F. The van der Waals surface area contributed by atoms with Gasteiger partial charge in [0.2, 0.25) is 9.84 Å². The van der Waals surface area contributed by atoms with Gasteiger partial charge in [-0.25, -0.2) is 13.2 Å². The summed E-state index contributed by atoms with van der Waals surface area (Å²) < 4.78 is 58.7. The molecule has 0 fully saturated rings. The summed E-state index contributed by atoms with van der Waals surface area (Å²) in [5.41, 5.74) is 7.33. The fourth-order valence-electron chi connectivity index (χ4n) is 2.64. The Balaban J connectivity index is 0.000000509. The second-order valence-electron chi connectivity index (χ2n) is 6.42. The maximum Gasteiger partial charge on any atom is 0.490 e. The van der Waals surface area contributed by atoms with Crippen molar-refractivity contribution in [3.63, 3.8) is 0 Å². The minimum atomic E-state index is -5.08. The first-order valence-corrected chi connectivity index (χ1v) is 12.6. The number of hydrogen-bond donors (Lipinski definition) is 3. The maximum absolute atomic E-state index is 13.2. The van der Waals surface area contributed by atoms with Crippen molar-refractivity contribution in [3.8, 4) is 11.1 Å². The Kier molecular flexibility index (Phi) is 8.64. The van der Waals surface area contributed by atoms with E-state index in [0.717, 1.165) is 6.29 Å². The van der Waals surface area contributed by atoms with Crippen molar-refractivity contribution < 1.29 is 36.3 Å². The number of rotatable bonds is 6. The number of thioether (sulfide) groups is 1. The van der Waals surface area contributed by atoms with Crippen LogP contribution >= 0.6 is 23.1 Å². The van der Waals surface area contributed by atoms with Gasteiger partial charge in [0.05, 0.1) is 18.9 Å². The normalized spacial score (nSPS) is 11.3. The van der Waals surface area contributed by atoms with Crippen molar-refractivity contribution in [2.24, 2.45) is 5.73 Å². The van der Waals surface area contributed by atoms with Gasteiger partial charge in [0, 0.05) is 5.56 Å². The summed E-state index contributed by atoms with van der Waals surface area (Å²) in [6.07, 6.45) is -2.55. The molecule has 0 aliphatic rings. The number of nitrogens with one attached hydrogen (secondary N) is 1. The van der Waals surface area contributed by atoms with Crippen molar-refractivity contribution in [2.45, 2.75) is 20.2 Å². The number of nitrogen functional groups attached to an aromatic ring is 1. The zero-order valence-electron chi connectivity index (χ0n) is 17.3. The molecule has 0 unspecified atom stereocenters. The van der Waals surface area contributed by atoms with E-state index in [1.165, 1.54) is 35.2 Å². The molecular formula is C21H17F3N2O5S3. The molecule has 4 N–H and O–H groups in total. The molecule has 3 rings (SSSR count). The zero-order valence-corrected chi connectivity index (χ0v) is 19.7. The molecule has 1 aromatic heterocycles. The lowest BCUT2D eigenvalue weighted by Gasteiger charge is -2.09. The Morgan fingerprint density at radius 3 is 2.29 bits per heavy atom. The summed E-state index contributed by atoms with van der Waals surface area (Å²) in [5, 5.41) is 14.7. The lowest BCUT2D eigenvalue weighted by atomic mass is 10.0. The second kappa shape index (κ2) is 10.8. The van der Waals surface area contributed by atoms with Gasteiger partial charge in [0.1, 0.15) is 5.84 Å². The average Bonchev–Trinajstić information content (AvgIpc) is 3.25. The van der Waals surface area contributed by atoms with Crippen molar-refractivity contribution in [3.05, 3.63) is 65.0 Å². The minimum absolute atomic E-state index is 0.129. The van der Waals surface area contributed by atoms with Crippen LogP contribution in [0.25, 0.3) is 11.1 Å². The summed E-state index contributed by atoms with van der Waals surface area (Å²) in [4.78, 5) is 20.9. The maximum atomic E-state index is 13.2. The third kappa shape index (κ3) is 6.24. The van der Waals surface area contributed by atoms with Crippen LogP contribution in [0.15, 0.2) is 68.6 Å². The van der Waals surface area contributed by atoms with E-state index in [-0.39, 0.29) is 15.6 Å². The Morgan fingerprint density at radius 2 is 1.76 bits per heavy atom. The quantitative estimate of drug-likeness (QED) is 0.182. The number of thiophene rings is 1. The van der Waals surface area contributed by atoms with Gasteiger partial charge < -0.3 is 10.8 Å². The molecule has 0 atom stereocenters. The molecule has 0 bridgehead atoms. The van der Waals surface area contributed by atoms with Gasteiger partial charge in [-0.2, -0.15) is 13.2 Å². The number of carboxylic acids is 1. The number of nitrogens with two attached hydrogens (primary N) is 1. The minimum Gasteiger partial charge on any atom is -0.475 e. The van der Waals surface area contributed by atoms with E-state index in [4.69, 9.17) is 21.0 Å². The molecule has 1 heterocycles. The molecule has 3 aromatic rings. The molecular weight excluding hydrogens is 513 g/mol. The highest BCUT2D eigenvalue weighted by molar-refractivity contribution is 8.01. The predicted octanol–water partition coefficient (Wildman–Crippen LogP) is 4.70. The summed E-state index contributed by atoms with van der Waals surface area (Å²) in [6, 6.07) is 15.0. The smallest absolute Gasteiger partial charge is 0.475 e. The molecule has 0 aliphatic carbocycles. The Bertz CT molecular complexity index is 1340. The Labute approximate surface area is 200 Å². The number of alkyl halides is 3. The van der Waals surface area contributed by atoms with Crippen LogP contribution in [-0.2, 0) is 14.6 Å². The van der Waals surface area contributed by atoms with Gasteiger partial charge in [-0.05, 0) is 35.6 Å². The Hall–Kier alpha value is -3.16. The van der Waals surface area contributed by atoms with Crippen LogP contribution in [0, 0.1) is 5.41 Å². The highest BCUT2D eigenvalue weighted by Crippen LogP contribution is 2.37. The molecule has 2 aromatic carbocycles. The van der Waals surface area contributed by atoms with Crippen molar-refractivity contribution in [1.29, 1.82) is 5.41 Å². The first kappa shape index (κ1) is 27.1. The van der Waals surface area contributed by atoms with Gasteiger partial charge >= 0.3 is 12.1 Å². The van der Waals surface area contributed by atoms with Gasteiger partial charge in [0.15, 0.2) is 6.29 Å². The number of benzene rings is 2. The first-order chi connectivity index (χ1) is 15.8. The average molecular weight is 531 g/mol. The predicted molar refractivity (Wildman–Crippen MR) is 124 cm³/mol. The number of halogens is 3. The molecule has 0 saturated heterocycles. The lowest BCUT2D eigenvalue weighted by Crippen LogP contribution is -2.21. The van der Waals surface area contributed by atoms with Crippen LogP contribution in [0.1, 0.15) is 15.2 Å². The highest BCUT2D eigenvalue weighted by Gasteiger charge is 2.38. The van der Waals surface area contributed by atoms with Crippen LogP contribution in [0.3, 0.4) is 0 Å². The molecule has 0 spiro atoms. The Morgan fingerprint density at radius 1 is 1.15 bits per heavy atom. The molecule has 7 nitrogen and oxygen atoms in total. The van der Waals surface area contributed by atoms with Crippen LogP contribution < -0.4 is 5.73 Å². The number of aldehydes is 1. The van der Waals surface area contributed by atoms with Gasteiger partial charge in [-0.3, -0.25) is 10.2 Å². The lowest BCUT2D eigenvalue weighted by molar-refractivity contribution is -0.192. The zero-order chi connectivity index (χ0) is 25.7. The molecule has 0 saturated carbocycles. The van der Waals surface area contributed by atoms with E-state index in [2.05, 4.69) is 0 Å². The van der Waals surface area contributed by atoms with Crippen LogP contribution in [-0.4, -0.2) is 44.0 Å². The topological polar surface area (TPSA) is 138 Å².